The molecule has 2 saturated heterocycles. The Morgan fingerprint density at radius 2 is 1.84 bits per heavy atom. The minimum Gasteiger partial charge on any atom is -0.496 e. The van der Waals surface area contributed by atoms with Crippen LogP contribution in [0.2, 0.25) is 0 Å². The Morgan fingerprint density at radius 1 is 1.10 bits per heavy atom. The smallest absolute Gasteiger partial charge is 0.234 e. The highest BCUT2D eigenvalue weighted by atomic mass is 32.2. The molecule has 2 bridgehead atoms. The maximum Gasteiger partial charge on any atom is 0.234 e. The van der Waals surface area contributed by atoms with Crippen molar-refractivity contribution < 1.29 is 9.53 Å². The third kappa shape index (κ3) is 3.98. The molecule has 3 unspecified atom stereocenters. The molecular weight excluding hydrogens is 404 g/mol. The van der Waals surface area contributed by atoms with E-state index in [0.29, 0.717) is 18.1 Å². The summed E-state index contributed by atoms with van der Waals surface area (Å²) in [5, 5.41) is 3.44. The fraction of sp³-hybridized carbons (Fsp3) is 0.500. The predicted molar refractivity (Wildman–Crippen MR) is 126 cm³/mol. The molecule has 3 heterocycles. The van der Waals surface area contributed by atoms with Gasteiger partial charge < -0.3 is 10.1 Å². The highest BCUT2D eigenvalue weighted by Crippen LogP contribution is 2.39. The molecular formula is C26H32N2O2S. The number of benzene rings is 2. The van der Waals surface area contributed by atoms with Crippen LogP contribution >= 0.6 is 11.8 Å². The monoisotopic (exact) mass is 436 g/mol. The van der Waals surface area contributed by atoms with Crippen LogP contribution in [0.15, 0.2) is 41.3 Å². The molecule has 5 rings (SSSR count). The standard InChI is InChI=1S/C26H32N2O2S/c1-16-17(2)23(30-3)11-8-19(16)15-28-21-9-10-22(28)14-20(13-21)27-26(29)25-12-18-6-4-5-7-24(18)31-25/h4-8,11,20-22,25H,9-10,12-15H2,1-3H3,(H,27,29). The molecule has 2 aromatic rings. The van der Waals surface area contributed by atoms with Gasteiger partial charge in [-0.05, 0) is 80.3 Å². The van der Waals surface area contributed by atoms with Crippen molar-refractivity contribution in [3.05, 3.63) is 58.7 Å². The molecule has 0 radical (unpaired) electrons. The molecule has 1 N–H and O–H groups in total. The van der Waals surface area contributed by atoms with Gasteiger partial charge in [0.15, 0.2) is 0 Å². The number of nitrogens with one attached hydrogen (secondary N) is 1. The first-order chi connectivity index (χ1) is 15.0. The van der Waals surface area contributed by atoms with Crippen LogP contribution < -0.4 is 10.1 Å². The second-order valence-electron chi connectivity index (χ2n) is 9.33. The molecule has 5 heteroatoms. The minimum atomic E-state index is 0.0259. The number of hydrogen-bond acceptors (Lipinski definition) is 4. The van der Waals surface area contributed by atoms with E-state index in [1.807, 2.05) is 0 Å². The van der Waals surface area contributed by atoms with Crippen molar-refractivity contribution in [1.29, 1.82) is 0 Å². The largest absolute Gasteiger partial charge is 0.496 e. The molecule has 164 valence electrons. The van der Waals surface area contributed by atoms with Crippen molar-refractivity contribution in [1.82, 2.24) is 10.2 Å². The Morgan fingerprint density at radius 3 is 2.55 bits per heavy atom. The molecule has 1 amide bonds. The average Bonchev–Trinajstić information content (AvgIpc) is 3.30. The lowest BCUT2D eigenvalue weighted by molar-refractivity contribution is -0.121. The third-order valence-corrected chi connectivity index (χ3v) is 8.91. The number of hydrogen-bond donors (Lipinski definition) is 1. The fourth-order valence-electron chi connectivity index (χ4n) is 5.71. The van der Waals surface area contributed by atoms with E-state index in [0.717, 1.165) is 31.6 Å². The van der Waals surface area contributed by atoms with Crippen LogP contribution in [0, 0.1) is 13.8 Å². The zero-order chi connectivity index (χ0) is 21.5. The van der Waals surface area contributed by atoms with Crippen LogP contribution in [-0.2, 0) is 17.8 Å². The Labute approximate surface area is 189 Å². The maximum absolute atomic E-state index is 13.0. The van der Waals surface area contributed by atoms with E-state index in [4.69, 9.17) is 4.74 Å². The van der Waals surface area contributed by atoms with E-state index >= 15 is 0 Å². The maximum atomic E-state index is 13.0. The van der Waals surface area contributed by atoms with Gasteiger partial charge in [0.2, 0.25) is 5.91 Å². The van der Waals surface area contributed by atoms with Gasteiger partial charge in [0.05, 0.1) is 12.4 Å². The normalized spacial score (nSPS) is 27.2. The van der Waals surface area contributed by atoms with Gasteiger partial charge in [0, 0.05) is 29.6 Å². The van der Waals surface area contributed by atoms with Gasteiger partial charge in [-0.25, -0.2) is 0 Å². The number of carbonyl (C=O) groups excluding carboxylic acids is 1. The van der Waals surface area contributed by atoms with Crippen LogP contribution in [0.5, 0.6) is 5.75 Å². The summed E-state index contributed by atoms with van der Waals surface area (Å²) in [7, 11) is 1.74. The lowest BCUT2D eigenvalue weighted by Gasteiger charge is -2.39. The molecule has 0 saturated carbocycles. The van der Waals surface area contributed by atoms with Crippen LogP contribution in [0.4, 0.5) is 0 Å². The zero-order valence-corrected chi connectivity index (χ0v) is 19.5. The molecule has 2 aromatic carbocycles. The SMILES string of the molecule is COc1ccc(CN2C3CCC2CC(NC(=O)C2Cc4ccccc4S2)C3)c(C)c1C. The van der Waals surface area contributed by atoms with Crippen LogP contribution in [-0.4, -0.2) is 41.3 Å². The lowest BCUT2D eigenvalue weighted by Crippen LogP contribution is -2.51. The second kappa shape index (κ2) is 8.51. The summed E-state index contributed by atoms with van der Waals surface area (Å²) < 4.78 is 5.48. The number of carbonyl (C=O) groups is 1. The Balaban J connectivity index is 1.21. The van der Waals surface area contributed by atoms with E-state index in [2.05, 4.69) is 60.5 Å². The van der Waals surface area contributed by atoms with Crippen molar-refractivity contribution in [2.45, 2.75) is 80.8 Å². The van der Waals surface area contributed by atoms with E-state index < -0.39 is 0 Å². The second-order valence-corrected chi connectivity index (χ2v) is 10.6. The molecule has 31 heavy (non-hydrogen) atoms. The van der Waals surface area contributed by atoms with Gasteiger partial charge in [-0.3, -0.25) is 9.69 Å². The lowest BCUT2D eigenvalue weighted by atomic mass is 9.95. The van der Waals surface area contributed by atoms with E-state index in [-0.39, 0.29) is 11.2 Å². The van der Waals surface area contributed by atoms with Gasteiger partial charge in [0.1, 0.15) is 5.75 Å². The van der Waals surface area contributed by atoms with E-state index in [1.54, 1.807) is 18.9 Å². The zero-order valence-electron chi connectivity index (χ0n) is 18.7. The third-order valence-electron chi connectivity index (χ3n) is 7.59. The molecule has 3 aliphatic heterocycles. The van der Waals surface area contributed by atoms with Crippen LogP contribution in [0.3, 0.4) is 0 Å². The summed E-state index contributed by atoms with van der Waals surface area (Å²) in [6.07, 6.45) is 5.49. The van der Waals surface area contributed by atoms with Gasteiger partial charge >= 0.3 is 0 Å². The van der Waals surface area contributed by atoms with Crippen molar-refractivity contribution in [2.75, 3.05) is 7.11 Å². The topological polar surface area (TPSA) is 41.6 Å². The summed E-state index contributed by atoms with van der Waals surface area (Å²) in [5.41, 5.74) is 5.29. The summed E-state index contributed by atoms with van der Waals surface area (Å²) >= 11 is 1.73. The Kier molecular flexibility index (Phi) is 5.74. The summed E-state index contributed by atoms with van der Waals surface area (Å²) in [6, 6.07) is 14.2. The number of amides is 1. The molecule has 4 nitrogen and oxygen atoms in total. The van der Waals surface area contributed by atoms with Crippen LogP contribution in [0.1, 0.15) is 47.9 Å². The molecule has 3 aliphatic rings. The number of thioether (sulfide) groups is 1. The summed E-state index contributed by atoms with van der Waals surface area (Å²) in [5.74, 6) is 1.19. The van der Waals surface area contributed by atoms with Gasteiger partial charge in [-0.1, -0.05) is 24.3 Å². The first-order valence-electron chi connectivity index (χ1n) is 11.5. The summed E-state index contributed by atoms with van der Waals surface area (Å²) in [4.78, 5) is 16.9. The highest BCUT2D eigenvalue weighted by Gasteiger charge is 2.42. The minimum absolute atomic E-state index is 0.0259. The van der Waals surface area contributed by atoms with E-state index in [1.165, 1.54) is 40.0 Å². The quantitative estimate of drug-likeness (QED) is 0.741. The number of rotatable bonds is 5. The van der Waals surface area contributed by atoms with Crippen molar-refractivity contribution in [3.8, 4) is 5.75 Å². The molecule has 0 aliphatic carbocycles. The van der Waals surface area contributed by atoms with Crippen LogP contribution in [0.25, 0.3) is 0 Å². The molecule has 0 aromatic heterocycles. The number of ether oxygens (including phenoxy) is 1. The number of nitrogens with zero attached hydrogens (tertiary/aromatic N) is 1. The van der Waals surface area contributed by atoms with Gasteiger partial charge in [-0.2, -0.15) is 0 Å². The Hall–Kier alpha value is -1.98. The first kappa shape index (κ1) is 20.9. The molecule has 3 atom stereocenters. The highest BCUT2D eigenvalue weighted by molar-refractivity contribution is 8.01. The predicted octanol–water partition coefficient (Wildman–Crippen LogP) is 4.64. The average molecular weight is 437 g/mol. The van der Waals surface area contributed by atoms with Gasteiger partial charge in [0.25, 0.3) is 0 Å². The van der Waals surface area contributed by atoms with E-state index in [9.17, 15) is 4.79 Å². The van der Waals surface area contributed by atoms with Crippen molar-refractivity contribution in [3.63, 3.8) is 0 Å². The van der Waals surface area contributed by atoms with Gasteiger partial charge in [-0.15, -0.1) is 11.8 Å². The number of piperidine rings is 1. The van der Waals surface area contributed by atoms with Crippen molar-refractivity contribution in [2.24, 2.45) is 0 Å². The first-order valence-corrected chi connectivity index (χ1v) is 12.3. The number of methoxy groups -OCH3 is 1. The Bertz CT molecular complexity index is 952. The fourth-order valence-corrected chi connectivity index (χ4v) is 6.92. The molecule has 2 fully saturated rings. The van der Waals surface area contributed by atoms with Crippen molar-refractivity contribution >= 4 is 17.7 Å². The summed E-state index contributed by atoms with van der Waals surface area (Å²) in [6.45, 7) is 5.35. The molecule has 0 spiro atoms. The number of fused-ring (bicyclic) bond motifs is 3.